The zero-order chi connectivity index (χ0) is 22.3. The van der Waals surface area contributed by atoms with E-state index in [2.05, 4.69) is 26.0 Å². The number of carbonyl (C=O) groups excluding carboxylic acids is 1. The van der Waals surface area contributed by atoms with Crippen LogP contribution in [0.25, 0.3) is 0 Å². The van der Waals surface area contributed by atoms with Gasteiger partial charge in [-0.25, -0.2) is 8.42 Å². The molecule has 0 saturated carbocycles. The molecular formula is C23H23BrN2O4S. The Kier molecular flexibility index (Phi) is 7.84. The van der Waals surface area contributed by atoms with Crippen molar-refractivity contribution in [3.05, 3.63) is 88.9 Å². The molecule has 162 valence electrons. The van der Waals surface area contributed by atoms with E-state index in [-0.39, 0.29) is 11.3 Å². The Balaban J connectivity index is 1.81. The van der Waals surface area contributed by atoms with Gasteiger partial charge in [0.05, 0.1) is 11.5 Å². The number of hydrogen-bond acceptors (Lipinski definition) is 4. The summed E-state index contributed by atoms with van der Waals surface area (Å²) in [6.07, 6.45) is 0.208. The summed E-state index contributed by atoms with van der Waals surface area (Å²) in [7, 11) is -3.90. The standard InChI is InChI=1S/C23H23BrN2O4S/c1-2-30-20-12-10-19(11-13-20)25-23(27)22(16-17-6-4-3-5-7-17)26-31(28,29)21-14-8-18(24)9-15-21/h3-15,22,26H,2,16H2,1H3,(H,25,27). The van der Waals surface area contributed by atoms with Crippen molar-refractivity contribution in [3.8, 4) is 5.75 Å². The molecule has 1 unspecified atom stereocenters. The van der Waals surface area contributed by atoms with Crippen molar-refractivity contribution in [3.63, 3.8) is 0 Å². The summed E-state index contributed by atoms with van der Waals surface area (Å²) in [6, 6.07) is 21.4. The van der Waals surface area contributed by atoms with Gasteiger partial charge in [0, 0.05) is 10.2 Å². The lowest BCUT2D eigenvalue weighted by atomic mass is 10.1. The average molecular weight is 503 g/mol. The van der Waals surface area contributed by atoms with Crippen molar-refractivity contribution in [1.29, 1.82) is 0 Å². The largest absolute Gasteiger partial charge is 0.494 e. The van der Waals surface area contributed by atoms with E-state index in [9.17, 15) is 13.2 Å². The first-order chi connectivity index (χ1) is 14.9. The summed E-state index contributed by atoms with van der Waals surface area (Å²) in [5, 5.41) is 2.79. The zero-order valence-corrected chi connectivity index (χ0v) is 19.3. The average Bonchev–Trinajstić information content (AvgIpc) is 2.76. The molecule has 6 nitrogen and oxygen atoms in total. The topological polar surface area (TPSA) is 84.5 Å². The molecule has 3 aromatic rings. The Hall–Kier alpha value is -2.68. The highest BCUT2D eigenvalue weighted by atomic mass is 79.9. The molecule has 0 aliphatic carbocycles. The van der Waals surface area contributed by atoms with Crippen LogP contribution in [0.2, 0.25) is 0 Å². The van der Waals surface area contributed by atoms with Gasteiger partial charge in [0.1, 0.15) is 11.8 Å². The van der Waals surface area contributed by atoms with E-state index in [1.165, 1.54) is 12.1 Å². The molecule has 1 atom stereocenters. The van der Waals surface area contributed by atoms with Gasteiger partial charge in [0.25, 0.3) is 0 Å². The SMILES string of the molecule is CCOc1ccc(NC(=O)C(Cc2ccccc2)NS(=O)(=O)c2ccc(Br)cc2)cc1. The van der Waals surface area contributed by atoms with Crippen molar-refractivity contribution in [2.75, 3.05) is 11.9 Å². The second-order valence-corrected chi connectivity index (χ2v) is 9.39. The molecule has 0 bridgehead atoms. The fourth-order valence-corrected chi connectivity index (χ4v) is 4.40. The molecule has 1 amide bonds. The minimum absolute atomic E-state index is 0.0858. The van der Waals surface area contributed by atoms with Crippen LogP contribution < -0.4 is 14.8 Å². The van der Waals surface area contributed by atoms with E-state index < -0.39 is 22.0 Å². The van der Waals surface area contributed by atoms with E-state index in [0.717, 1.165) is 10.0 Å². The first-order valence-corrected chi connectivity index (χ1v) is 12.0. The molecule has 0 aromatic heterocycles. The van der Waals surface area contributed by atoms with E-state index in [4.69, 9.17) is 4.74 Å². The third-order valence-corrected chi connectivity index (χ3v) is 6.47. The minimum atomic E-state index is -3.90. The van der Waals surface area contributed by atoms with Gasteiger partial charge in [-0.1, -0.05) is 46.3 Å². The van der Waals surface area contributed by atoms with Gasteiger partial charge in [-0.3, -0.25) is 4.79 Å². The van der Waals surface area contributed by atoms with Crippen LogP contribution in [0.1, 0.15) is 12.5 Å². The van der Waals surface area contributed by atoms with Gasteiger partial charge in [0.15, 0.2) is 0 Å². The van der Waals surface area contributed by atoms with Gasteiger partial charge >= 0.3 is 0 Å². The van der Waals surface area contributed by atoms with Crippen LogP contribution in [0.5, 0.6) is 5.75 Å². The number of benzene rings is 3. The highest BCUT2D eigenvalue weighted by Gasteiger charge is 2.26. The zero-order valence-electron chi connectivity index (χ0n) is 16.9. The minimum Gasteiger partial charge on any atom is -0.494 e. The van der Waals surface area contributed by atoms with Gasteiger partial charge in [-0.05, 0) is 67.4 Å². The molecule has 0 aliphatic heterocycles. The Morgan fingerprint density at radius 1 is 0.968 bits per heavy atom. The highest BCUT2D eigenvalue weighted by molar-refractivity contribution is 9.10. The summed E-state index contributed by atoms with van der Waals surface area (Å²) in [6.45, 7) is 2.43. The summed E-state index contributed by atoms with van der Waals surface area (Å²) < 4.78 is 34.5. The first-order valence-electron chi connectivity index (χ1n) is 9.73. The number of halogens is 1. The molecule has 3 rings (SSSR count). The number of hydrogen-bond donors (Lipinski definition) is 2. The van der Waals surface area contributed by atoms with Crippen LogP contribution in [0.4, 0.5) is 5.69 Å². The maximum absolute atomic E-state index is 13.0. The lowest BCUT2D eigenvalue weighted by Crippen LogP contribution is -2.45. The van der Waals surface area contributed by atoms with E-state index in [0.29, 0.717) is 18.0 Å². The van der Waals surface area contributed by atoms with Crippen molar-refractivity contribution in [2.45, 2.75) is 24.3 Å². The predicted molar refractivity (Wildman–Crippen MR) is 125 cm³/mol. The van der Waals surface area contributed by atoms with E-state index in [1.807, 2.05) is 37.3 Å². The van der Waals surface area contributed by atoms with Crippen molar-refractivity contribution in [2.24, 2.45) is 0 Å². The summed E-state index contributed by atoms with van der Waals surface area (Å²) >= 11 is 3.29. The normalized spacial score (nSPS) is 12.2. The highest BCUT2D eigenvalue weighted by Crippen LogP contribution is 2.18. The molecule has 0 spiro atoms. The fraction of sp³-hybridized carbons (Fsp3) is 0.174. The number of anilines is 1. The smallest absolute Gasteiger partial charge is 0.242 e. The predicted octanol–water partition coefficient (Wildman–Crippen LogP) is 4.38. The molecule has 0 aliphatic rings. The molecule has 0 radical (unpaired) electrons. The molecule has 8 heteroatoms. The second kappa shape index (κ2) is 10.6. The van der Waals surface area contributed by atoms with E-state index >= 15 is 0 Å². The number of sulfonamides is 1. The molecule has 0 saturated heterocycles. The maximum Gasteiger partial charge on any atom is 0.242 e. The second-order valence-electron chi connectivity index (χ2n) is 6.76. The van der Waals surface area contributed by atoms with Gasteiger partial charge in [-0.2, -0.15) is 4.72 Å². The van der Waals surface area contributed by atoms with E-state index in [1.54, 1.807) is 36.4 Å². The number of amides is 1. The van der Waals surface area contributed by atoms with Crippen LogP contribution in [-0.4, -0.2) is 27.0 Å². The number of carbonyl (C=O) groups is 1. The molecule has 0 heterocycles. The summed E-state index contributed by atoms with van der Waals surface area (Å²) in [4.78, 5) is 13.1. The van der Waals surface area contributed by atoms with Gasteiger partial charge < -0.3 is 10.1 Å². The van der Waals surface area contributed by atoms with Gasteiger partial charge in [-0.15, -0.1) is 0 Å². The van der Waals surface area contributed by atoms with Crippen LogP contribution in [-0.2, 0) is 21.2 Å². The number of ether oxygens (including phenoxy) is 1. The molecule has 31 heavy (non-hydrogen) atoms. The van der Waals surface area contributed by atoms with Crippen LogP contribution in [0.3, 0.4) is 0 Å². The van der Waals surface area contributed by atoms with Crippen LogP contribution in [0.15, 0.2) is 88.2 Å². The Morgan fingerprint density at radius 2 is 1.61 bits per heavy atom. The first kappa shape index (κ1) is 23.0. The Labute approximate surface area is 190 Å². The molecule has 0 fully saturated rings. The molecular weight excluding hydrogens is 480 g/mol. The monoisotopic (exact) mass is 502 g/mol. The van der Waals surface area contributed by atoms with Crippen molar-refractivity contribution < 1.29 is 17.9 Å². The maximum atomic E-state index is 13.0. The Bertz CT molecular complexity index is 1100. The van der Waals surface area contributed by atoms with Crippen LogP contribution >= 0.6 is 15.9 Å². The lowest BCUT2D eigenvalue weighted by molar-refractivity contribution is -0.117. The van der Waals surface area contributed by atoms with Gasteiger partial charge in [0.2, 0.25) is 15.9 Å². The van der Waals surface area contributed by atoms with Crippen molar-refractivity contribution >= 4 is 37.5 Å². The number of nitrogens with one attached hydrogen (secondary N) is 2. The van der Waals surface area contributed by atoms with Crippen molar-refractivity contribution in [1.82, 2.24) is 4.72 Å². The Morgan fingerprint density at radius 3 is 2.23 bits per heavy atom. The third kappa shape index (κ3) is 6.65. The fourth-order valence-electron chi connectivity index (χ4n) is 2.94. The lowest BCUT2D eigenvalue weighted by Gasteiger charge is -2.19. The summed E-state index contributed by atoms with van der Waals surface area (Å²) in [5.41, 5.74) is 1.39. The summed E-state index contributed by atoms with van der Waals surface area (Å²) in [5.74, 6) is 0.242. The van der Waals surface area contributed by atoms with Crippen LogP contribution in [0, 0.1) is 0 Å². The molecule has 3 aromatic carbocycles. The molecule has 2 N–H and O–H groups in total. The number of rotatable bonds is 9. The quantitative estimate of drug-likeness (QED) is 0.454. The third-order valence-electron chi connectivity index (χ3n) is 4.45.